The fourth-order valence-corrected chi connectivity index (χ4v) is 7.95. The van der Waals surface area contributed by atoms with Crippen molar-refractivity contribution in [2.24, 2.45) is 0 Å². The highest BCUT2D eigenvalue weighted by molar-refractivity contribution is 6.10. The summed E-state index contributed by atoms with van der Waals surface area (Å²) in [6.45, 7) is 0. The lowest BCUT2D eigenvalue weighted by molar-refractivity contribution is 0.669. The zero-order valence-electron chi connectivity index (χ0n) is 29.6. The van der Waals surface area contributed by atoms with Crippen molar-refractivity contribution in [3.05, 3.63) is 212 Å². The molecule has 0 fully saturated rings. The second-order valence-electron chi connectivity index (χ2n) is 13.7. The first-order valence-corrected chi connectivity index (χ1v) is 18.4. The lowest BCUT2D eigenvalue weighted by atomic mass is 9.91. The van der Waals surface area contributed by atoms with Crippen molar-refractivity contribution in [2.45, 2.75) is 0 Å². The Balaban J connectivity index is 1.16. The molecule has 0 spiro atoms. The third kappa shape index (κ3) is 5.53. The third-order valence-electron chi connectivity index (χ3n) is 10.5. The quantitative estimate of drug-likeness (QED) is 0.166. The van der Waals surface area contributed by atoms with Crippen LogP contribution >= 0.6 is 0 Å². The number of rotatable bonds is 7. The van der Waals surface area contributed by atoms with Crippen LogP contribution in [0.1, 0.15) is 0 Å². The van der Waals surface area contributed by atoms with E-state index in [-0.39, 0.29) is 0 Å². The maximum atomic E-state index is 6.67. The Morgan fingerprint density at radius 2 is 0.852 bits per heavy atom. The van der Waals surface area contributed by atoms with Gasteiger partial charge in [0.1, 0.15) is 5.58 Å². The van der Waals surface area contributed by atoms with Crippen LogP contribution in [-0.4, -0.2) is 0 Å². The predicted molar refractivity (Wildman–Crippen MR) is 228 cm³/mol. The summed E-state index contributed by atoms with van der Waals surface area (Å²) in [6, 6.07) is 75.8. The minimum absolute atomic E-state index is 0.859. The highest BCUT2D eigenvalue weighted by Crippen LogP contribution is 2.45. The van der Waals surface area contributed by atoms with Crippen molar-refractivity contribution >= 4 is 49.8 Å². The van der Waals surface area contributed by atoms with Gasteiger partial charge in [-0.2, -0.15) is 0 Å². The number of furan rings is 1. The molecule has 0 saturated heterocycles. The van der Waals surface area contributed by atoms with Gasteiger partial charge in [-0.15, -0.1) is 0 Å². The molecule has 254 valence electrons. The summed E-state index contributed by atoms with van der Waals surface area (Å²) in [5, 5.41) is 4.70. The summed E-state index contributed by atoms with van der Waals surface area (Å²) in [5.74, 6) is 0. The number of fused-ring (bicyclic) bond motifs is 4. The number of nitrogens with zero attached hydrogens (tertiary/aromatic N) is 1. The second-order valence-corrected chi connectivity index (χ2v) is 13.7. The molecule has 10 aromatic rings. The molecule has 2 nitrogen and oxygen atoms in total. The van der Waals surface area contributed by atoms with Gasteiger partial charge in [0.15, 0.2) is 5.58 Å². The number of hydrogen-bond acceptors (Lipinski definition) is 2. The lowest BCUT2D eigenvalue weighted by Gasteiger charge is -2.27. The molecular weight excluding hydrogens is 655 g/mol. The van der Waals surface area contributed by atoms with Gasteiger partial charge in [0, 0.05) is 22.1 Å². The molecular formula is C52H35NO. The van der Waals surface area contributed by atoms with Crippen LogP contribution in [0.5, 0.6) is 0 Å². The van der Waals surface area contributed by atoms with Gasteiger partial charge >= 0.3 is 0 Å². The van der Waals surface area contributed by atoms with Crippen molar-refractivity contribution in [3.8, 4) is 44.5 Å². The average molecular weight is 690 g/mol. The Hall–Kier alpha value is -7.16. The van der Waals surface area contributed by atoms with Crippen molar-refractivity contribution in [2.75, 3.05) is 4.90 Å². The van der Waals surface area contributed by atoms with E-state index < -0.39 is 0 Å². The average Bonchev–Trinajstić information content (AvgIpc) is 3.64. The van der Waals surface area contributed by atoms with E-state index in [2.05, 4.69) is 205 Å². The number of anilines is 3. The number of para-hydroxylation sites is 2. The monoisotopic (exact) mass is 689 g/mol. The first-order valence-electron chi connectivity index (χ1n) is 18.4. The largest absolute Gasteiger partial charge is 0.454 e. The minimum Gasteiger partial charge on any atom is -0.454 e. The molecule has 0 N–H and O–H groups in total. The fourth-order valence-electron chi connectivity index (χ4n) is 7.95. The van der Waals surface area contributed by atoms with Crippen molar-refractivity contribution in [1.29, 1.82) is 0 Å². The molecule has 0 amide bonds. The highest BCUT2D eigenvalue weighted by Gasteiger charge is 2.21. The third-order valence-corrected chi connectivity index (χ3v) is 10.5. The Morgan fingerprint density at radius 1 is 0.315 bits per heavy atom. The standard InChI is InChI=1S/C52H35NO/c1-3-15-36(16-4-1)44-34-33-41(35-49(44)38-17-5-2-6-18-38)53(50-27-14-26-48-47-24-11-12-28-51(47)54-52(48)50)40-31-29-39(30-32-40)43-22-9-10-23-45(43)46-25-13-20-37-19-7-8-21-42(37)46/h1-35H. The summed E-state index contributed by atoms with van der Waals surface area (Å²) in [4.78, 5) is 2.34. The SMILES string of the molecule is c1ccc(-c2ccc(N(c3ccc(-c4ccccc4-c4cccc5ccccc45)cc3)c3cccc4c3oc3ccccc34)cc2-c2ccccc2)cc1. The molecule has 0 aliphatic carbocycles. The van der Waals surface area contributed by atoms with Gasteiger partial charge in [0.05, 0.1) is 5.69 Å². The van der Waals surface area contributed by atoms with E-state index in [0.29, 0.717) is 0 Å². The molecule has 0 saturated carbocycles. The Kier molecular flexibility index (Phi) is 7.85. The number of hydrogen-bond donors (Lipinski definition) is 0. The van der Waals surface area contributed by atoms with Gasteiger partial charge in [0.25, 0.3) is 0 Å². The molecule has 0 aliphatic rings. The molecule has 1 heterocycles. The van der Waals surface area contributed by atoms with Crippen molar-refractivity contribution in [3.63, 3.8) is 0 Å². The van der Waals surface area contributed by atoms with E-state index in [1.54, 1.807) is 0 Å². The van der Waals surface area contributed by atoms with Gasteiger partial charge in [-0.25, -0.2) is 0 Å². The van der Waals surface area contributed by atoms with Gasteiger partial charge < -0.3 is 9.32 Å². The zero-order chi connectivity index (χ0) is 35.8. The van der Waals surface area contributed by atoms with Crippen LogP contribution in [0.15, 0.2) is 217 Å². The Labute approximate surface area is 314 Å². The predicted octanol–water partition coefficient (Wildman–Crippen LogP) is 14.9. The highest BCUT2D eigenvalue weighted by atomic mass is 16.3. The van der Waals surface area contributed by atoms with E-state index in [0.717, 1.165) is 44.6 Å². The van der Waals surface area contributed by atoms with Gasteiger partial charge in [-0.3, -0.25) is 0 Å². The Bertz CT molecular complexity index is 2920. The van der Waals surface area contributed by atoms with E-state index >= 15 is 0 Å². The molecule has 0 unspecified atom stereocenters. The van der Waals surface area contributed by atoms with E-state index in [1.165, 1.54) is 49.7 Å². The van der Waals surface area contributed by atoms with Crippen LogP contribution in [0.25, 0.3) is 77.2 Å². The first-order chi connectivity index (χ1) is 26.8. The van der Waals surface area contributed by atoms with Crippen LogP contribution in [0.4, 0.5) is 17.1 Å². The Morgan fingerprint density at radius 3 is 1.65 bits per heavy atom. The minimum atomic E-state index is 0.859. The summed E-state index contributed by atoms with van der Waals surface area (Å²) in [6.07, 6.45) is 0. The van der Waals surface area contributed by atoms with Gasteiger partial charge in [-0.1, -0.05) is 176 Å². The van der Waals surface area contributed by atoms with Crippen LogP contribution in [0.3, 0.4) is 0 Å². The maximum absolute atomic E-state index is 6.67. The topological polar surface area (TPSA) is 16.4 Å². The summed E-state index contributed by atoms with van der Waals surface area (Å²) in [5.41, 5.74) is 14.3. The summed E-state index contributed by atoms with van der Waals surface area (Å²) in [7, 11) is 0. The van der Waals surface area contributed by atoms with Crippen LogP contribution in [0.2, 0.25) is 0 Å². The molecule has 0 bridgehead atoms. The molecule has 1 aromatic heterocycles. The van der Waals surface area contributed by atoms with Crippen LogP contribution < -0.4 is 4.90 Å². The fraction of sp³-hybridized carbons (Fsp3) is 0. The normalized spacial score (nSPS) is 11.3. The molecule has 0 aliphatic heterocycles. The van der Waals surface area contributed by atoms with E-state index in [9.17, 15) is 0 Å². The van der Waals surface area contributed by atoms with Gasteiger partial charge in [0.2, 0.25) is 0 Å². The maximum Gasteiger partial charge on any atom is 0.159 e. The van der Waals surface area contributed by atoms with Crippen molar-refractivity contribution in [1.82, 2.24) is 0 Å². The molecule has 9 aromatic carbocycles. The number of benzene rings is 9. The first kappa shape index (κ1) is 31.6. The summed E-state index contributed by atoms with van der Waals surface area (Å²) < 4.78 is 6.67. The van der Waals surface area contributed by atoms with Crippen LogP contribution in [0, 0.1) is 0 Å². The molecule has 2 heteroatoms. The smallest absolute Gasteiger partial charge is 0.159 e. The van der Waals surface area contributed by atoms with E-state index in [4.69, 9.17) is 4.42 Å². The zero-order valence-corrected chi connectivity index (χ0v) is 29.6. The summed E-state index contributed by atoms with van der Waals surface area (Å²) >= 11 is 0. The second kappa shape index (κ2) is 13.4. The molecule has 0 radical (unpaired) electrons. The molecule has 54 heavy (non-hydrogen) atoms. The lowest BCUT2D eigenvalue weighted by Crippen LogP contribution is -2.10. The van der Waals surface area contributed by atoms with E-state index in [1.807, 2.05) is 12.1 Å². The van der Waals surface area contributed by atoms with Gasteiger partial charge in [-0.05, 0) is 91.7 Å². The molecule has 0 atom stereocenters. The van der Waals surface area contributed by atoms with Crippen LogP contribution in [-0.2, 0) is 0 Å². The van der Waals surface area contributed by atoms with Crippen molar-refractivity contribution < 1.29 is 4.42 Å². The molecule has 10 rings (SSSR count).